The summed E-state index contributed by atoms with van der Waals surface area (Å²) in [4.78, 5) is 23.1. The quantitative estimate of drug-likeness (QED) is 0.609. The van der Waals surface area contributed by atoms with Crippen molar-refractivity contribution in [1.82, 2.24) is 14.9 Å². The van der Waals surface area contributed by atoms with Crippen LogP contribution in [0.5, 0.6) is 0 Å². The first-order chi connectivity index (χ1) is 9.24. The maximum absolute atomic E-state index is 11.7. The molecule has 1 heterocycles. The van der Waals surface area contributed by atoms with E-state index in [0.29, 0.717) is 0 Å². The van der Waals surface area contributed by atoms with Crippen molar-refractivity contribution in [2.75, 3.05) is 27.2 Å². The number of hydrogen-bond acceptors (Lipinski definition) is 5. The van der Waals surface area contributed by atoms with Crippen LogP contribution in [-0.2, 0) is 10.0 Å². The molecule has 10 heteroatoms. The van der Waals surface area contributed by atoms with Gasteiger partial charge in [0, 0.05) is 27.2 Å². The van der Waals surface area contributed by atoms with Crippen LogP contribution in [0.15, 0.2) is 21.6 Å². The molecule has 9 nitrogen and oxygen atoms in total. The number of carboxylic acids is 1. The van der Waals surface area contributed by atoms with Crippen LogP contribution >= 0.6 is 0 Å². The Balaban J connectivity index is 2.53. The molecule has 0 fully saturated rings. The van der Waals surface area contributed by atoms with E-state index in [4.69, 9.17) is 5.11 Å². The van der Waals surface area contributed by atoms with E-state index in [1.165, 1.54) is 4.90 Å². The lowest BCUT2D eigenvalue weighted by Crippen LogP contribution is -2.39. The van der Waals surface area contributed by atoms with Gasteiger partial charge >= 0.3 is 12.0 Å². The van der Waals surface area contributed by atoms with Crippen LogP contribution in [0.4, 0.5) is 4.79 Å². The molecule has 2 amide bonds. The minimum Gasteiger partial charge on any atom is -0.475 e. The molecule has 0 unspecified atom stereocenters. The first-order valence-corrected chi connectivity index (χ1v) is 7.00. The Labute approximate surface area is 115 Å². The Hall–Kier alpha value is -2.07. The fraction of sp³-hybridized carbons (Fsp3) is 0.400. The largest absolute Gasteiger partial charge is 0.475 e. The molecule has 0 aliphatic carbocycles. The van der Waals surface area contributed by atoms with Gasteiger partial charge < -0.3 is 19.7 Å². The molecule has 3 N–H and O–H groups in total. The van der Waals surface area contributed by atoms with Crippen molar-refractivity contribution in [3.05, 3.63) is 17.9 Å². The second-order valence-electron chi connectivity index (χ2n) is 3.95. The molecule has 1 aromatic heterocycles. The molecule has 0 aliphatic heterocycles. The van der Waals surface area contributed by atoms with Crippen LogP contribution in [0.25, 0.3) is 0 Å². The molecular formula is C10H15N3O6S. The van der Waals surface area contributed by atoms with Crippen LogP contribution in [0, 0.1) is 0 Å². The van der Waals surface area contributed by atoms with Gasteiger partial charge in [-0.3, -0.25) is 0 Å². The van der Waals surface area contributed by atoms with E-state index < -0.39 is 26.8 Å². The van der Waals surface area contributed by atoms with E-state index in [2.05, 4.69) is 14.5 Å². The third-order valence-corrected chi connectivity index (χ3v) is 3.49. The number of aromatic carboxylic acids is 1. The van der Waals surface area contributed by atoms with Gasteiger partial charge in [-0.05, 0) is 12.1 Å². The highest BCUT2D eigenvalue weighted by Crippen LogP contribution is 2.13. The summed E-state index contributed by atoms with van der Waals surface area (Å²) in [6, 6.07) is 1.74. The maximum atomic E-state index is 11.7. The summed E-state index contributed by atoms with van der Waals surface area (Å²) < 4.78 is 30.3. The van der Waals surface area contributed by atoms with E-state index in [9.17, 15) is 18.0 Å². The lowest BCUT2D eigenvalue weighted by molar-refractivity contribution is 0.0656. The number of rotatable bonds is 6. The molecule has 112 valence electrons. The van der Waals surface area contributed by atoms with Crippen LogP contribution in [0.3, 0.4) is 0 Å². The smallest absolute Gasteiger partial charge is 0.371 e. The Morgan fingerprint density at radius 1 is 1.30 bits per heavy atom. The number of nitrogens with zero attached hydrogens (tertiary/aromatic N) is 1. The van der Waals surface area contributed by atoms with Crippen LogP contribution in [-0.4, -0.2) is 57.6 Å². The molecular weight excluding hydrogens is 290 g/mol. The zero-order valence-electron chi connectivity index (χ0n) is 10.9. The molecule has 20 heavy (non-hydrogen) atoms. The van der Waals surface area contributed by atoms with Gasteiger partial charge in [-0.25, -0.2) is 22.7 Å². The van der Waals surface area contributed by atoms with Gasteiger partial charge in [0.15, 0.2) is 0 Å². The molecule has 0 spiro atoms. The number of carboxylic acid groups (broad SMARTS) is 1. The second-order valence-corrected chi connectivity index (χ2v) is 5.65. The SMILES string of the molecule is CN(C)C(=O)NCCNS(=O)(=O)c1ccc(C(=O)O)o1. The highest BCUT2D eigenvalue weighted by atomic mass is 32.2. The molecule has 1 aromatic rings. The predicted molar refractivity (Wildman–Crippen MR) is 67.9 cm³/mol. The van der Waals surface area contributed by atoms with Gasteiger partial charge in [-0.2, -0.15) is 0 Å². The topological polar surface area (TPSA) is 129 Å². The van der Waals surface area contributed by atoms with Crippen molar-refractivity contribution in [2.45, 2.75) is 5.09 Å². The van der Waals surface area contributed by atoms with Crippen LogP contribution < -0.4 is 10.0 Å². The Morgan fingerprint density at radius 3 is 2.45 bits per heavy atom. The molecule has 1 rings (SSSR count). The highest BCUT2D eigenvalue weighted by Gasteiger charge is 2.20. The van der Waals surface area contributed by atoms with Gasteiger partial charge in [-0.1, -0.05) is 0 Å². The first-order valence-electron chi connectivity index (χ1n) is 5.52. The number of carbonyl (C=O) groups is 2. The molecule has 0 aliphatic rings. The van der Waals surface area contributed by atoms with Crippen molar-refractivity contribution < 1.29 is 27.5 Å². The lowest BCUT2D eigenvalue weighted by Gasteiger charge is -2.11. The monoisotopic (exact) mass is 305 g/mol. The molecule has 0 bridgehead atoms. The number of furan rings is 1. The molecule has 0 aromatic carbocycles. The highest BCUT2D eigenvalue weighted by molar-refractivity contribution is 7.89. The number of urea groups is 1. The van der Waals surface area contributed by atoms with E-state index in [-0.39, 0.29) is 19.1 Å². The van der Waals surface area contributed by atoms with E-state index in [0.717, 1.165) is 12.1 Å². The fourth-order valence-corrected chi connectivity index (χ4v) is 2.12. The van der Waals surface area contributed by atoms with Crippen molar-refractivity contribution in [3.8, 4) is 0 Å². The Bertz CT molecular complexity index is 592. The van der Waals surface area contributed by atoms with Gasteiger partial charge in [-0.15, -0.1) is 0 Å². The predicted octanol–water partition coefficient (Wildman–Crippen LogP) is -0.473. The minimum absolute atomic E-state index is 0.0506. The van der Waals surface area contributed by atoms with Crippen molar-refractivity contribution in [3.63, 3.8) is 0 Å². The molecule has 0 radical (unpaired) electrons. The summed E-state index contributed by atoms with van der Waals surface area (Å²) in [5.41, 5.74) is 0. The Kier molecular flexibility index (Phi) is 5.11. The average molecular weight is 305 g/mol. The number of amides is 2. The maximum Gasteiger partial charge on any atom is 0.371 e. The van der Waals surface area contributed by atoms with E-state index in [1.54, 1.807) is 14.1 Å². The molecule has 0 saturated carbocycles. The van der Waals surface area contributed by atoms with Crippen LogP contribution in [0.2, 0.25) is 0 Å². The first kappa shape index (κ1) is 16.0. The Morgan fingerprint density at radius 2 is 1.95 bits per heavy atom. The van der Waals surface area contributed by atoms with Gasteiger partial charge in [0.05, 0.1) is 0 Å². The third kappa shape index (κ3) is 4.24. The van der Waals surface area contributed by atoms with Gasteiger partial charge in [0.1, 0.15) is 0 Å². The number of sulfonamides is 1. The summed E-state index contributed by atoms with van der Waals surface area (Å²) in [5, 5.41) is 10.6. The zero-order valence-corrected chi connectivity index (χ0v) is 11.7. The van der Waals surface area contributed by atoms with Crippen molar-refractivity contribution in [2.24, 2.45) is 0 Å². The standard InChI is InChI=1S/C10H15N3O6S/c1-13(2)10(16)11-5-6-12-20(17,18)8-4-3-7(19-8)9(14)15/h3-4,12H,5-6H2,1-2H3,(H,11,16)(H,14,15). The zero-order chi connectivity index (χ0) is 15.3. The minimum atomic E-state index is -3.94. The summed E-state index contributed by atoms with van der Waals surface area (Å²) >= 11 is 0. The number of carbonyl (C=O) groups excluding carboxylic acids is 1. The molecule has 0 saturated heterocycles. The average Bonchev–Trinajstić information content (AvgIpc) is 2.84. The van der Waals surface area contributed by atoms with Crippen molar-refractivity contribution >= 4 is 22.0 Å². The summed E-state index contributed by atoms with van der Waals surface area (Å²) in [6.07, 6.45) is 0. The van der Waals surface area contributed by atoms with Gasteiger partial charge in [0.2, 0.25) is 10.9 Å². The fourth-order valence-electron chi connectivity index (χ4n) is 1.16. The van der Waals surface area contributed by atoms with Crippen molar-refractivity contribution in [1.29, 1.82) is 0 Å². The second kappa shape index (κ2) is 6.39. The summed E-state index contributed by atoms with van der Waals surface area (Å²) in [5.74, 6) is -1.82. The summed E-state index contributed by atoms with van der Waals surface area (Å²) in [7, 11) is -0.833. The lowest BCUT2D eigenvalue weighted by atomic mass is 10.5. The normalized spacial score (nSPS) is 11.1. The number of hydrogen-bond donors (Lipinski definition) is 3. The summed E-state index contributed by atoms with van der Waals surface area (Å²) in [6.45, 7) is 0.0355. The molecule has 0 atom stereocenters. The number of nitrogens with one attached hydrogen (secondary N) is 2. The van der Waals surface area contributed by atoms with E-state index >= 15 is 0 Å². The van der Waals surface area contributed by atoms with E-state index in [1.807, 2.05) is 0 Å². The van der Waals surface area contributed by atoms with Gasteiger partial charge in [0.25, 0.3) is 10.0 Å². The van der Waals surface area contributed by atoms with Crippen LogP contribution in [0.1, 0.15) is 10.6 Å². The third-order valence-electron chi connectivity index (χ3n) is 2.16.